The van der Waals surface area contributed by atoms with Gasteiger partial charge < -0.3 is 15.4 Å². The number of halogens is 2. The van der Waals surface area contributed by atoms with Crippen LogP contribution in [-0.2, 0) is 6.42 Å². The summed E-state index contributed by atoms with van der Waals surface area (Å²) in [7, 11) is 0. The molecule has 2 N–H and O–H groups in total. The Bertz CT molecular complexity index is 1330. The van der Waals surface area contributed by atoms with Gasteiger partial charge in [-0.25, -0.2) is 19.7 Å². The highest BCUT2D eigenvalue weighted by atomic mass is 35.5. The van der Waals surface area contributed by atoms with Gasteiger partial charge in [0.1, 0.15) is 11.6 Å². The van der Waals surface area contributed by atoms with Crippen LogP contribution in [0, 0.1) is 6.92 Å². The van der Waals surface area contributed by atoms with Gasteiger partial charge in [-0.15, -0.1) is 0 Å². The molecule has 0 saturated heterocycles. The van der Waals surface area contributed by atoms with E-state index in [1.165, 1.54) is 0 Å². The van der Waals surface area contributed by atoms with Gasteiger partial charge in [-0.05, 0) is 67.1 Å². The first-order chi connectivity index (χ1) is 16.4. The molecule has 0 aliphatic carbocycles. The maximum absolute atomic E-state index is 12.4. The number of carbonyl (C=O) groups excluding carboxylic acids is 1. The molecule has 0 aliphatic heterocycles. The summed E-state index contributed by atoms with van der Waals surface area (Å²) in [6, 6.07) is 15.3. The first kappa shape index (κ1) is 23.5. The van der Waals surface area contributed by atoms with Crippen molar-refractivity contribution < 1.29 is 9.53 Å². The van der Waals surface area contributed by atoms with Gasteiger partial charge in [0.2, 0.25) is 5.88 Å². The molecule has 0 radical (unpaired) electrons. The maximum Gasteiger partial charge on any atom is 0.323 e. The van der Waals surface area contributed by atoms with E-state index in [4.69, 9.17) is 27.9 Å². The van der Waals surface area contributed by atoms with E-state index in [2.05, 4.69) is 25.6 Å². The molecule has 0 spiro atoms. The van der Waals surface area contributed by atoms with Crippen LogP contribution in [-0.4, -0.2) is 21.0 Å². The van der Waals surface area contributed by atoms with Gasteiger partial charge in [0.25, 0.3) is 0 Å². The Kier molecular flexibility index (Phi) is 7.25. The van der Waals surface area contributed by atoms with Crippen LogP contribution in [0.5, 0.6) is 11.6 Å². The first-order valence-electron chi connectivity index (χ1n) is 10.5. The van der Waals surface area contributed by atoms with E-state index in [0.717, 1.165) is 29.1 Å². The van der Waals surface area contributed by atoms with Gasteiger partial charge in [0.05, 0.1) is 11.3 Å². The number of nitrogens with zero attached hydrogens (tertiary/aromatic N) is 3. The summed E-state index contributed by atoms with van der Waals surface area (Å²) < 4.78 is 6.12. The van der Waals surface area contributed by atoms with Crippen LogP contribution in [0.2, 0.25) is 10.0 Å². The number of carbonyl (C=O) groups is 1. The lowest BCUT2D eigenvalue weighted by atomic mass is 10.1. The third-order valence-electron chi connectivity index (χ3n) is 4.83. The maximum atomic E-state index is 12.4. The minimum atomic E-state index is -0.422. The zero-order valence-electron chi connectivity index (χ0n) is 18.5. The Morgan fingerprint density at radius 1 is 0.941 bits per heavy atom. The lowest BCUT2D eigenvalue weighted by Crippen LogP contribution is -2.19. The van der Waals surface area contributed by atoms with Crippen LogP contribution in [0.15, 0.2) is 67.0 Å². The van der Waals surface area contributed by atoms with Crippen LogP contribution in [0.1, 0.15) is 18.3 Å². The van der Waals surface area contributed by atoms with E-state index in [0.29, 0.717) is 33.0 Å². The Labute approximate surface area is 207 Å². The number of rotatable bonds is 6. The van der Waals surface area contributed by atoms with Crippen molar-refractivity contribution in [3.05, 3.63) is 88.4 Å². The number of hydrogen-bond acceptors (Lipinski definition) is 5. The first-order valence-corrected chi connectivity index (χ1v) is 11.3. The van der Waals surface area contributed by atoms with Crippen LogP contribution in [0.4, 0.5) is 16.2 Å². The summed E-state index contributed by atoms with van der Waals surface area (Å²) in [6.07, 6.45) is 4.13. The summed E-state index contributed by atoms with van der Waals surface area (Å²) in [5.74, 6) is 1.79. The fraction of sp³-hybridized carbons (Fsp3) is 0.120. The third-order valence-corrected chi connectivity index (χ3v) is 5.27. The van der Waals surface area contributed by atoms with E-state index in [1.54, 1.807) is 42.7 Å². The number of benzene rings is 2. The molecule has 0 unspecified atom stereocenters. The van der Waals surface area contributed by atoms with E-state index in [9.17, 15) is 4.79 Å². The van der Waals surface area contributed by atoms with E-state index in [1.807, 2.05) is 38.1 Å². The van der Waals surface area contributed by atoms with Crippen molar-refractivity contribution in [2.75, 3.05) is 10.6 Å². The van der Waals surface area contributed by atoms with Crippen molar-refractivity contribution in [3.8, 4) is 22.9 Å². The molecule has 2 amide bonds. The molecule has 0 atom stereocenters. The number of amides is 2. The van der Waals surface area contributed by atoms with Gasteiger partial charge in [-0.2, -0.15) is 0 Å². The van der Waals surface area contributed by atoms with Crippen LogP contribution in [0.3, 0.4) is 0 Å². The second kappa shape index (κ2) is 10.5. The minimum absolute atomic E-state index is 0.422. The zero-order chi connectivity index (χ0) is 24.1. The molecule has 4 aromatic rings. The molecule has 2 heterocycles. The molecule has 172 valence electrons. The van der Waals surface area contributed by atoms with Gasteiger partial charge in [0.15, 0.2) is 0 Å². The van der Waals surface area contributed by atoms with Gasteiger partial charge >= 0.3 is 6.03 Å². The van der Waals surface area contributed by atoms with E-state index in [-0.39, 0.29) is 0 Å². The lowest BCUT2D eigenvalue weighted by molar-refractivity contribution is 0.262. The molecule has 4 rings (SSSR count). The molecular weight excluding hydrogens is 473 g/mol. The van der Waals surface area contributed by atoms with Crippen molar-refractivity contribution in [1.29, 1.82) is 0 Å². The normalized spacial score (nSPS) is 10.6. The Hall–Kier alpha value is -3.68. The molecular formula is C25H21Cl2N5O2. The third kappa shape index (κ3) is 5.81. The molecule has 0 aliphatic rings. The van der Waals surface area contributed by atoms with Crippen molar-refractivity contribution >= 4 is 40.6 Å². The zero-order valence-corrected chi connectivity index (χ0v) is 20.0. The predicted molar refractivity (Wildman–Crippen MR) is 135 cm³/mol. The fourth-order valence-electron chi connectivity index (χ4n) is 3.25. The predicted octanol–water partition coefficient (Wildman–Crippen LogP) is 7.15. The molecule has 0 bridgehead atoms. The number of ether oxygens (including phenoxy) is 1. The number of nitrogens with one attached hydrogen (secondary N) is 2. The van der Waals surface area contributed by atoms with E-state index < -0.39 is 6.03 Å². The number of anilines is 2. The second-order valence-corrected chi connectivity index (χ2v) is 8.26. The average molecular weight is 494 g/mol. The smallest absolute Gasteiger partial charge is 0.323 e. The Morgan fingerprint density at radius 2 is 1.71 bits per heavy atom. The number of aryl methyl sites for hydroxylation is 2. The molecule has 9 heteroatoms. The van der Waals surface area contributed by atoms with Crippen LogP contribution < -0.4 is 15.4 Å². The SMILES string of the molecule is CCc1nccc(-c2cccnc2Oc2ccc(NC(=O)Nc3cc(Cl)cc(Cl)c3)cc2C)n1. The summed E-state index contributed by atoms with van der Waals surface area (Å²) >= 11 is 12.0. The summed E-state index contributed by atoms with van der Waals surface area (Å²) in [4.78, 5) is 25.6. The van der Waals surface area contributed by atoms with Crippen LogP contribution >= 0.6 is 23.2 Å². The highest BCUT2D eigenvalue weighted by molar-refractivity contribution is 6.35. The number of aromatic nitrogens is 3. The van der Waals surface area contributed by atoms with Crippen molar-refractivity contribution in [3.63, 3.8) is 0 Å². The van der Waals surface area contributed by atoms with Crippen LogP contribution in [0.25, 0.3) is 11.3 Å². The Balaban J connectivity index is 1.49. The summed E-state index contributed by atoms with van der Waals surface area (Å²) in [5.41, 5.74) is 3.41. The monoisotopic (exact) mass is 493 g/mol. The average Bonchev–Trinajstić information content (AvgIpc) is 2.80. The Morgan fingerprint density at radius 3 is 2.44 bits per heavy atom. The molecule has 0 fully saturated rings. The molecule has 2 aromatic heterocycles. The highest BCUT2D eigenvalue weighted by Gasteiger charge is 2.13. The van der Waals surface area contributed by atoms with Crippen molar-refractivity contribution in [2.24, 2.45) is 0 Å². The van der Waals surface area contributed by atoms with Crippen molar-refractivity contribution in [2.45, 2.75) is 20.3 Å². The van der Waals surface area contributed by atoms with E-state index >= 15 is 0 Å². The summed E-state index contributed by atoms with van der Waals surface area (Å²) in [5, 5.41) is 6.36. The number of urea groups is 1. The molecule has 7 nitrogen and oxygen atoms in total. The summed E-state index contributed by atoms with van der Waals surface area (Å²) in [6.45, 7) is 3.89. The minimum Gasteiger partial charge on any atom is -0.438 e. The quantitative estimate of drug-likeness (QED) is 0.297. The fourth-order valence-corrected chi connectivity index (χ4v) is 3.78. The van der Waals surface area contributed by atoms with Gasteiger partial charge in [-0.1, -0.05) is 30.1 Å². The largest absolute Gasteiger partial charge is 0.438 e. The highest BCUT2D eigenvalue weighted by Crippen LogP contribution is 2.32. The molecule has 0 saturated carbocycles. The number of pyridine rings is 1. The number of hydrogen-bond donors (Lipinski definition) is 2. The second-order valence-electron chi connectivity index (χ2n) is 7.39. The van der Waals surface area contributed by atoms with Crippen molar-refractivity contribution in [1.82, 2.24) is 15.0 Å². The molecule has 34 heavy (non-hydrogen) atoms. The molecule has 2 aromatic carbocycles. The standard InChI is InChI=1S/C25H21Cl2N5O2/c1-3-23-28-10-8-21(32-23)20-5-4-9-29-24(20)34-22-7-6-18(11-15(22)2)30-25(33)31-19-13-16(26)12-17(27)14-19/h4-14H,3H2,1-2H3,(H2,30,31,33). The van der Waals surface area contributed by atoms with Gasteiger partial charge in [-0.3, -0.25) is 0 Å². The lowest BCUT2D eigenvalue weighted by Gasteiger charge is -2.13. The topological polar surface area (TPSA) is 89.0 Å². The van der Waals surface area contributed by atoms with Gasteiger partial charge in [0, 0.05) is 40.2 Å².